The van der Waals surface area contributed by atoms with Crippen LogP contribution in [-0.4, -0.2) is 19.8 Å². The number of rotatable bonds is 14. The highest BCUT2D eigenvalue weighted by molar-refractivity contribution is 6.23. The molecule has 2 nitrogen and oxygen atoms in total. The fourth-order valence-corrected chi connectivity index (χ4v) is 4.15. The number of aryl methyl sites for hydroxylation is 2. The van der Waals surface area contributed by atoms with Gasteiger partial charge in [0.2, 0.25) is 0 Å². The summed E-state index contributed by atoms with van der Waals surface area (Å²) in [6.07, 6.45) is 7.16. The summed E-state index contributed by atoms with van der Waals surface area (Å²) in [4.78, 5) is -0.378. The third-order valence-corrected chi connectivity index (χ3v) is 5.92. The molecule has 2 aromatic carbocycles. The van der Waals surface area contributed by atoms with E-state index in [-0.39, 0.29) is 4.87 Å². The average molecular weight is 445 g/mol. The number of hydrogen-bond acceptors (Lipinski definition) is 2. The third-order valence-electron chi connectivity index (χ3n) is 5.72. The van der Waals surface area contributed by atoms with Gasteiger partial charge in [0, 0.05) is 0 Å². The molecule has 3 heteroatoms. The van der Waals surface area contributed by atoms with E-state index in [0.717, 1.165) is 30.1 Å². The maximum atomic E-state index is 6.74. The summed E-state index contributed by atoms with van der Waals surface area (Å²) in [5, 5.41) is 0. The smallest absolute Gasteiger partial charge is 0.122 e. The van der Waals surface area contributed by atoms with Crippen molar-refractivity contribution in [3.8, 4) is 5.75 Å². The lowest BCUT2D eigenvalue weighted by Crippen LogP contribution is -2.16. The van der Waals surface area contributed by atoms with Gasteiger partial charge in [-0.2, -0.15) is 0 Å². The van der Waals surface area contributed by atoms with Gasteiger partial charge in [-0.15, -0.1) is 11.6 Å². The van der Waals surface area contributed by atoms with Gasteiger partial charge in [-0.05, 0) is 74.3 Å². The van der Waals surface area contributed by atoms with Crippen LogP contribution in [0.4, 0.5) is 0 Å². The van der Waals surface area contributed by atoms with Gasteiger partial charge in [0.05, 0.1) is 18.1 Å². The summed E-state index contributed by atoms with van der Waals surface area (Å²) in [5.74, 6) is 1.72. The van der Waals surface area contributed by atoms with Gasteiger partial charge < -0.3 is 9.47 Å². The van der Waals surface area contributed by atoms with Crippen LogP contribution in [0.15, 0.2) is 42.5 Å². The molecule has 0 aliphatic heterocycles. The fraction of sp³-hybridized carbons (Fsp3) is 0.571. The van der Waals surface area contributed by atoms with E-state index < -0.39 is 0 Å². The highest BCUT2D eigenvalue weighted by Crippen LogP contribution is 2.33. The van der Waals surface area contributed by atoms with Crippen molar-refractivity contribution in [2.24, 2.45) is 5.92 Å². The number of alkyl halides is 1. The van der Waals surface area contributed by atoms with Gasteiger partial charge >= 0.3 is 0 Å². The zero-order valence-corrected chi connectivity index (χ0v) is 20.9. The molecule has 0 fully saturated rings. The predicted molar refractivity (Wildman–Crippen MR) is 134 cm³/mol. The van der Waals surface area contributed by atoms with Crippen molar-refractivity contribution in [3.63, 3.8) is 0 Å². The summed E-state index contributed by atoms with van der Waals surface area (Å²) in [6, 6.07) is 14.7. The van der Waals surface area contributed by atoms with Crippen LogP contribution in [0.2, 0.25) is 0 Å². The Labute approximate surface area is 195 Å². The number of benzene rings is 2. The van der Waals surface area contributed by atoms with Gasteiger partial charge in [-0.25, -0.2) is 0 Å². The second kappa shape index (κ2) is 13.1. The zero-order chi connectivity index (χ0) is 22.7. The summed E-state index contributed by atoms with van der Waals surface area (Å²) in [6.45, 7) is 12.7. The van der Waals surface area contributed by atoms with E-state index in [2.05, 4.69) is 58.9 Å². The van der Waals surface area contributed by atoms with Crippen molar-refractivity contribution in [2.75, 3.05) is 19.8 Å². The van der Waals surface area contributed by atoms with Crippen molar-refractivity contribution in [1.82, 2.24) is 0 Å². The molecule has 0 N–H and O–H groups in total. The first-order valence-corrected chi connectivity index (χ1v) is 12.2. The number of hydrogen-bond donors (Lipinski definition) is 0. The van der Waals surface area contributed by atoms with Crippen molar-refractivity contribution < 1.29 is 9.47 Å². The molecule has 2 aromatic rings. The predicted octanol–water partition coefficient (Wildman–Crippen LogP) is 7.87. The van der Waals surface area contributed by atoms with Crippen LogP contribution in [0, 0.1) is 12.8 Å². The maximum Gasteiger partial charge on any atom is 0.122 e. The number of unbranched alkanes of at least 4 members (excludes halogenated alkanes) is 2. The van der Waals surface area contributed by atoms with Crippen LogP contribution in [0.5, 0.6) is 5.75 Å². The van der Waals surface area contributed by atoms with Crippen LogP contribution in [0.25, 0.3) is 0 Å². The van der Waals surface area contributed by atoms with Crippen LogP contribution >= 0.6 is 11.6 Å². The molecule has 0 unspecified atom stereocenters. The largest absolute Gasteiger partial charge is 0.491 e. The molecule has 0 saturated carbocycles. The molecular weight excluding hydrogens is 404 g/mol. The summed E-state index contributed by atoms with van der Waals surface area (Å²) < 4.78 is 11.8. The van der Waals surface area contributed by atoms with Crippen molar-refractivity contribution in [1.29, 1.82) is 0 Å². The fourth-order valence-electron chi connectivity index (χ4n) is 3.97. The molecule has 0 spiro atoms. The second-order valence-electron chi connectivity index (χ2n) is 9.39. The van der Waals surface area contributed by atoms with E-state index in [9.17, 15) is 0 Å². The Morgan fingerprint density at radius 3 is 2.35 bits per heavy atom. The molecular formula is C28H41ClO2. The average Bonchev–Trinajstić information content (AvgIpc) is 2.71. The maximum absolute atomic E-state index is 6.74. The minimum atomic E-state index is -0.378. The Kier molecular flexibility index (Phi) is 10.9. The molecule has 0 aliphatic carbocycles. The Balaban J connectivity index is 1.87. The molecule has 0 radical (unpaired) electrons. The van der Waals surface area contributed by atoms with Crippen molar-refractivity contribution >= 4 is 11.6 Å². The van der Waals surface area contributed by atoms with E-state index in [1.165, 1.54) is 42.4 Å². The highest BCUT2D eigenvalue weighted by atomic mass is 35.5. The van der Waals surface area contributed by atoms with E-state index in [0.29, 0.717) is 19.8 Å². The van der Waals surface area contributed by atoms with E-state index in [1.807, 2.05) is 18.2 Å². The molecule has 31 heavy (non-hydrogen) atoms. The summed E-state index contributed by atoms with van der Waals surface area (Å²) >= 11 is 6.74. The van der Waals surface area contributed by atoms with Gasteiger partial charge in [-0.1, -0.05) is 69.5 Å². The minimum Gasteiger partial charge on any atom is -0.491 e. The molecule has 0 bridgehead atoms. The Hall–Kier alpha value is -1.51. The van der Waals surface area contributed by atoms with Crippen LogP contribution in [-0.2, 0) is 22.5 Å². The summed E-state index contributed by atoms with van der Waals surface area (Å²) in [7, 11) is 0. The van der Waals surface area contributed by atoms with E-state index in [4.69, 9.17) is 21.1 Å². The highest BCUT2D eigenvalue weighted by Gasteiger charge is 2.21. The Morgan fingerprint density at radius 2 is 1.65 bits per heavy atom. The molecule has 0 aliphatic rings. The summed E-state index contributed by atoms with van der Waals surface area (Å²) in [5.41, 5.74) is 5.18. The van der Waals surface area contributed by atoms with Gasteiger partial charge in [-0.3, -0.25) is 0 Å². The van der Waals surface area contributed by atoms with Crippen molar-refractivity contribution in [3.05, 3.63) is 64.7 Å². The molecule has 0 heterocycles. The molecule has 0 amide bonds. The van der Waals surface area contributed by atoms with Crippen LogP contribution < -0.4 is 4.74 Å². The van der Waals surface area contributed by atoms with Gasteiger partial charge in [0.1, 0.15) is 12.4 Å². The monoisotopic (exact) mass is 444 g/mol. The first-order chi connectivity index (χ1) is 14.8. The normalized spacial score (nSPS) is 11.8. The number of halogens is 1. The second-order valence-corrected chi connectivity index (χ2v) is 10.3. The lowest BCUT2D eigenvalue weighted by atomic mass is 9.89. The molecule has 0 atom stereocenters. The quantitative estimate of drug-likeness (QED) is 0.218. The SMILES string of the molecule is Cc1ccccc1OCCOCCc1c(CCCCCC(C)C)cccc1C(C)(C)Cl. The molecule has 172 valence electrons. The zero-order valence-electron chi connectivity index (χ0n) is 20.2. The van der Waals surface area contributed by atoms with E-state index in [1.54, 1.807) is 0 Å². The Bertz CT molecular complexity index is 777. The molecule has 0 saturated heterocycles. The number of ether oxygens (including phenoxy) is 2. The lowest BCUT2D eigenvalue weighted by Gasteiger charge is -2.23. The first kappa shape index (κ1) is 25.7. The van der Waals surface area contributed by atoms with Crippen LogP contribution in [0.1, 0.15) is 75.6 Å². The van der Waals surface area contributed by atoms with Crippen LogP contribution in [0.3, 0.4) is 0 Å². The minimum absolute atomic E-state index is 0.378. The standard InChI is InChI=1S/C28H41ClO2/c1-22(2)12-7-6-8-14-24-15-11-16-26(28(4,5)29)25(24)18-19-30-20-21-31-27-17-10-9-13-23(27)3/h9-11,13,15-17,22H,6-8,12,14,18-21H2,1-5H3. The molecule has 2 rings (SSSR count). The topological polar surface area (TPSA) is 18.5 Å². The van der Waals surface area contributed by atoms with Gasteiger partial charge in [0.25, 0.3) is 0 Å². The lowest BCUT2D eigenvalue weighted by molar-refractivity contribution is 0.102. The number of para-hydroxylation sites is 1. The van der Waals surface area contributed by atoms with E-state index >= 15 is 0 Å². The third kappa shape index (κ3) is 9.25. The van der Waals surface area contributed by atoms with Gasteiger partial charge in [0.15, 0.2) is 0 Å². The van der Waals surface area contributed by atoms with Crippen molar-refractivity contribution in [2.45, 2.75) is 78.0 Å². The molecule has 0 aromatic heterocycles. The first-order valence-electron chi connectivity index (χ1n) is 11.9. The Morgan fingerprint density at radius 1 is 0.871 bits per heavy atom.